The van der Waals surface area contributed by atoms with Crippen molar-refractivity contribution in [3.8, 4) is 5.75 Å². The molecule has 0 aliphatic heterocycles. The molecule has 1 aromatic carbocycles. The van der Waals surface area contributed by atoms with Gasteiger partial charge in [-0.15, -0.1) is 0 Å². The van der Waals surface area contributed by atoms with Crippen molar-refractivity contribution in [3.63, 3.8) is 0 Å². The van der Waals surface area contributed by atoms with E-state index < -0.39 is 11.4 Å². The summed E-state index contributed by atoms with van der Waals surface area (Å²) in [6.45, 7) is 4.30. The topological polar surface area (TPSA) is 55.8 Å². The smallest absolute Gasteiger partial charge is 0.304 e. The van der Waals surface area contributed by atoms with E-state index in [0.717, 1.165) is 16.9 Å². The first kappa shape index (κ1) is 14.5. The van der Waals surface area contributed by atoms with Crippen molar-refractivity contribution in [2.24, 2.45) is 0 Å². The molecule has 0 radical (unpaired) electrons. The third kappa shape index (κ3) is 3.74. The molecule has 18 heavy (non-hydrogen) atoms. The van der Waals surface area contributed by atoms with Crippen molar-refractivity contribution < 1.29 is 19.4 Å². The largest absolute Gasteiger partial charge is 0.497 e. The Hall–Kier alpha value is -1.55. The van der Waals surface area contributed by atoms with Crippen LogP contribution in [0.3, 0.4) is 0 Å². The zero-order chi connectivity index (χ0) is 13.8. The number of carboxylic acids is 1. The second-order valence-corrected chi connectivity index (χ2v) is 4.96. The Balaban J connectivity index is 3.13. The number of benzene rings is 1. The van der Waals surface area contributed by atoms with Crippen LogP contribution in [0, 0.1) is 0 Å². The van der Waals surface area contributed by atoms with Crippen molar-refractivity contribution in [2.45, 2.75) is 32.3 Å². The molecule has 4 heteroatoms. The number of carbonyl (C=O) groups is 1. The average Bonchev–Trinajstić information content (AvgIpc) is 2.27. The molecule has 0 saturated heterocycles. The van der Waals surface area contributed by atoms with Gasteiger partial charge in [-0.05, 0) is 23.3 Å². The molecule has 4 nitrogen and oxygen atoms in total. The van der Waals surface area contributed by atoms with Gasteiger partial charge in [-0.3, -0.25) is 4.79 Å². The summed E-state index contributed by atoms with van der Waals surface area (Å²) in [5.41, 5.74) is 1.48. The van der Waals surface area contributed by atoms with Gasteiger partial charge in [0, 0.05) is 12.5 Å². The highest BCUT2D eigenvalue weighted by Gasteiger charge is 2.25. The first-order chi connectivity index (χ1) is 8.39. The van der Waals surface area contributed by atoms with Crippen molar-refractivity contribution in [1.29, 1.82) is 0 Å². The molecular weight excluding hydrogens is 232 g/mol. The lowest BCUT2D eigenvalue weighted by molar-refractivity contribution is -0.138. The molecule has 0 fully saturated rings. The maximum atomic E-state index is 10.9. The molecular formula is C14H20O4. The monoisotopic (exact) mass is 252 g/mol. The molecule has 0 aliphatic carbocycles. The summed E-state index contributed by atoms with van der Waals surface area (Å²) in [5, 5.41) is 8.95. The average molecular weight is 252 g/mol. The molecule has 1 rings (SSSR count). The van der Waals surface area contributed by atoms with Gasteiger partial charge < -0.3 is 14.6 Å². The van der Waals surface area contributed by atoms with Gasteiger partial charge >= 0.3 is 5.97 Å². The fourth-order valence-corrected chi connectivity index (χ4v) is 1.90. The van der Waals surface area contributed by atoms with Crippen LogP contribution in [0.5, 0.6) is 5.75 Å². The van der Waals surface area contributed by atoms with E-state index in [0.29, 0.717) is 6.61 Å². The Morgan fingerprint density at radius 1 is 1.28 bits per heavy atom. The van der Waals surface area contributed by atoms with Crippen LogP contribution in [-0.2, 0) is 21.6 Å². The molecule has 0 aliphatic rings. The van der Waals surface area contributed by atoms with E-state index in [4.69, 9.17) is 14.6 Å². The fraction of sp³-hybridized carbons (Fsp3) is 0.500. The maximum absolute atomic E-state index is 10.9. The molecule has 0 heterocycles. The first-order valence-corrected chi connectivity index (χ1v) is 5.78. The number of methoxy groups -OCH3 is 2. The van der Waals surface area contributed by atoms with Crippen LogP contribution in [-0.4, -0.2) is 25.3 Å². The summed E-state index contributed by atoms with van der Waals surface area (Å²) in [5.74, 6) is -0.0888. The van der Waals surface area contributed by atoms with Crippen molar-refractivity contribution in [3.05, 3.63) is 29.3 Å². The number of ether oxygens (including phenoxy) is 2. The number of rotatable bonds is 6. The van der Waals surface area contributed by atoms with Crippen LogP contribution in [0.2, 0.25) is 0 Å². The molecule has 0 saturated carbocycles. The van der Waals surface area contributed by atoms with Crippen molar-refractivity contribution in [2.75, 3.05) is 14.2 Å². The first-order valence-electron chi connectivity index (χ1n) is 5.78. The van der Waals surface area contributed by atoms with E-state index in [-0.39, 0.29) is 6.42 Å². The molecule has 1 N–H and O–H groups in total. The Labute approximate surface area is 108 Å². The van der Waals surface area contributed by atoms with E-state index in [1.807, 2.05) is 32.0 Å². The maximum Gasteiger partial charge on any atom is 0.304 e. The zero-order valence-corrected chi connectivity index (χ0v) is 11.3. The Morgan fingerprint density at radius 2 is 1.94 bits per heavy atom. The van der Waals surface area contributed by atoms with Gasteiger partial charge in [0.05, 0.1) is 20.1 Å². The van der Waals surface area contributed by atoms with Gasteiger partial charge in [0.2, 0.25) is 0 Å². The molecule has 0 amide bonds. The normalized spacial score (nSPS) is 11.3. The van der Waals surface area contributed by atoms with Crippen LogP contribution in [0.25, 0.3) is 0 Å². The summed E-state index contributed by atoms with van der Waals surface area (Å²) in [6.07, 6.45) is 0.0760. The lowest BCUT2D eigenvalue weighted by atomic mass is 9.81. The summed E-state index contributed by atoms with van der Waals surface area (Å²) >= 11 is 0. The van der Waals surface area contributed by atoms with Crippen LogP contribution in [0.15, 0.2) is 18.2 Å². The fourth-order valence-electron chi connectivity index (χ4n) is 1.90. The molecule has 100 valence electrons. The number of hydrogen-bond donors (Lipinski definition) is 1. The minimum atomic E-state index is -0.809. The van der Waals surface area contributed by atoms with Crippen LogP contribution >= 0.6 is 0 Å². The van der Waals surface area contributed by atoms with Crippen LogP contribution in [0.4, 0.5) is 0 Å². The number of carboxylic acid groups (broad SMARTS) is 1. The predicted octanol–water partition coefficient (Wildman–Crippen LogP) is 2.59. The minimum Gasteiger partial charge on any atom is -0.497 e. The van der Waals surface area contributed by atoms with E-state index in [9.17, 15) is 4.79 Å². The number of hydrogen-bond acceptors (Lipinski definition) is 3. The van der Waals surface area contributed by atoms with Gasteiger partial charge in [-0.25, -0.2) is 0 Å². The quantitative estimate of drug-likeness (QED) is 0.845. The standard InChI is InChI=1S/C14H20O4/c1-14(2,8-13(15)16)11-5-10(9-17-3)6-12(7-11)18-4/h5-7H,8-9H2,1-4H3,(H,15,16). The molecule has 0 atom stereocenters. The van der Waals surface area contributed by atoms with Crippen LogP contribution in [0.1, 0.15) is 31.4 Å². The van der Waals surface area contributed by atoms with Crippen molar-refractivity contribution >= 4 is 5.97 Å². The second-order valence-electron chi connectivity index (χ2n) is 4.96. The molecule has 0 unspecified atom stereocenters. The van der Waals surface area contributed by atoms with Crippen molar-refractivity contribution in [1.82, 2.24) is 0 Å². The van der Waals surface area contributed by atoms with E-state index in [2.05, 4.69) is 0 Å². The summed E-state index contributed by atoms with van der Waals surface area (Å²) in [4.78, 5) is 10.9. The second kappa shape index (κ2) is 5.87. The lowest BCUT2D eigenvalue weighted by Gasteiger charge is -2.24. The molecule has 0 aromatic heterocycles. The molecule has 0 spiro atoms. The molecule has 0 bridgehead atoms. The van der Waals surface area contributed by atoms with E-state index in [1.54, 1.807) is 14.2 Å². The van der Waals surface area contributed by atoms with Crippen LogP contribution < -0.4 is 4.74 Å². The lowest BCUT2D eigenvalue weighted by Crippen LogP contribution is -2.22. The highest BCUT2D eigenvalue weighted by Crippen LogP contribution is 2.31. The Bertz CT molecular complexity index is 424. The van der Waals surface area contributed by atoms with Gasteiger partial charge in [0.1, 0.15) is 5.75 Å². The predicted molar refractivity (Wildman–Crippen MR) is 69.0 cm³/mol. The summed E-state index contributed by atoms with van der Waals surface area (Å²) in [6, 6.07) is 5.74. The highest BCUT2D eigenvalue weighted by atomic mass is 16.5. The van der Waals surface area contributed by atoms with Gasteiger partial charge in [0.25, 0.3) is 0 Å². The number of aliphatic carboxylic acids is 1. The van der Waals surface area contributed by atoms with Gasteiger partial charge in [-0.2, -0.15) is 0 Å². The minimum absolute atomic E-state index is 0.0760. The summed E-state index contributed by atoms with van der Waals surface area (Å²) in [7, 11) is 3.22. The Morgan fingerprint density at radius 3 is 2.44 bits per heavy atom. The Kier molecular flexibility index (Phi) is 4.73. The third-order valence-electron chi connectivity index (χ3n) is 2.89. The SMILES string of the molecule is COCc1cc(OC)cc(C(C)(C)CC(=O)O)c1. The zero-order valence-electron chi connectivity index (χ0n) is 11.3. The van der Waals surface area contributed by atoms with E-state index >= 15 is 0 Å². The third-order valence-corrected chi connectivity index (χ3v) is 2.89. The highest BCUT2D eigenvalue weighted by molar-refractivity contribution is 5.69. The molecule has 1 aromatic rings. The van der Waals surface area contributed by atoms with Gasteiger partial charge in [0.15, 0.2) is 0 Å². The van der Waals surface area contributed by atoms with E-state index in [1.165, 1.54) is 0 Å². The van der Waals surface area contributed by atoms with Gasteiger partial charge in [-0.1, -0.05) is 19.9 Å². The summed E-state index contributed by atoms with van der Waals surface area (Å²) < 4.78 is 10.3.